The zero-order chi connectivity index (χ0) is 19.2. The lowest BCUT2D eigenvalue weighted by atomic mass is 9.63. The van der Waals surface area contributed by atoms with Gasteiger partial charge in [0.05, 0.1) is 6.61 Å². The molecule has 0 radical (unpaired) electrons. The second-order valence-electron chi connectivity index (χ2n) is 9.04. The molecule has 140 valence electrons. The minimum absolute atomic E-state index is 0.0488. The molecule has 2 heteroatoms. The molecular formula is C25H28O2. The molecule has 0 aliphatic heterocycles. The van der Waals surface area contributed by atoms with Crippen molar-refractivity contribution in [2.75, 3.05) is 0 Å². The van der Waals surface area contributed by atoms with Crippen molar-refractivity contribution in [3.05, 3.63) is 71.3 Å². The van der Waals surface area contributed by atoms with Crippen LogP contribution < -0.4 is 4.74 Å². The van der Waals surface area contributed by atoms with Gasteiger partial charge in [-0.25, -0.2) is 0 Å². The van der Waals surface area contributed by atoms with E-state index in [9.17, 15) is 5.11 Å². The highest BCUT2D eigenvalue weighted by molar-refractivity contribution is 5.87. The van der Waals surface area contributed by atoms with Crippen molar-refractivity contribution in [2.45, 2.75) is 58.0 Å². The van der Waals surface area contributed by atoms with Gasteiger partial charge in [-0.15, -0.1) is 0 Å². The van der Waals surface area contributed by atoms with Gasteiger partial charge in [0.1, 0.15) is 11.5 Å². The molecule has 0 spiro atoms. The van der Waals surface area contributed by atoms with E-state index in [4.69, 9.17) is 4.74 Å². The van der Waals surface area contributed by atoms with Crippen molar-refractivity contribution < 1.29 is 9.84 Å². The molecular weight excluding hydrogens is 332 g/mol. The number of aliphatic hydroxyl groups is 1. The van der Waals surface area contributed by atoms with Gasteiger partial charge in [0.2, 0.25) is 0 Å². The summed E-state index contributed by atoms with van der Waals surface area (Å²) in [5, 5.41) is 11.7. The zero-order valence-corrected chi connectivity index (χ0v) is 16.7. The van der Waals surface area contributed by atoms with Crippen LogP contribution in [0.4, 0.5) is 0 Å². The molecule has 27 heavy (non-hydrogen) atoms. The van der Waals surface area contributed by atoms with Crippen molar-refractivity contribution in [3.63, 3.8) is 0 Å². The highest BCUT2D eigenvalue weighted by atomic mass is 16.5. The van der Waals surface area contributed by atoms with Crippen molar-refractivity contribution in [1.29, 1.82) is 0 Å². The van der Waals surface area contributed by atoms with Gasteiger partial charge >= 0.3 is 0 Å². The summed E-state index contributed by atoms with van der Waals surface area (Å²) in [6.45, 7) is 9.38. The number of ether oxygens (including phenoxy) is 1. The molecule has 0 unspecified atom stereocenters. The van der Waals surface area contributed by atoms with Crippen molar-refractivity contribution in [2.24, 2.45) is 0 Å². The SMILES string of the molecule is CC1(C)CCC(C)(C)c2cc(Oc3ccc4c(CO)cccc4c3)ccc21. The van der Waals surface area contributed by atoms with Gasteiger partial charge < -0.3 is 9.84 Å². The van der Waals surface area contributed by atoms with Gasteiger partial charge in [-0.1, -0.05) is 58.0 Å². The lowest BCUT2D eigenvalue weighted by molar-refractivity contribution is 0.283. The van der Waals surface area contributed by atoms with Crippen LogP contribution in [0.5, 0.6) is 11.5 Å². The van der Waals surface area contributed by atoms with Crippen LogP contribution in [0.3, 0.4) is 0 Å². The van der Waals surface area contributed by atoms with E-state index in [1.165, 1.54) is 24.0 Å². The molecule has 0 aromatic heterocycles. The molecule has 0 atom stereocenters. The molecule has 3 aromatic carbocycles. The van der Waals surface area contributed by atoms with Crippen LogP contribution in [-0.2, 0) is 17.4 Å². The fourth-order valence-electron chi connectivity index (χ4n) is 4.30. The summed E-state index contributed by atoms with van der Waals surface area (Å²) in [5.74, 6) is 1.71. The predicted molar refractivity (Wildman–Crippen MR) is 112 cm³/mol. The molecule has 1 aliphatic carbocycles. The summed E-state index contributed by atoms with van der Waals surface area (Å²) in [7, 11) is 0. The molecule has 0 bridgehead atoms. The highest BCUT2D eigenvalue weighted by Gasteiger charge is 2.37. The Morgan fingerprint density at radius 3 is 2.22 bits per heavy atom. The average Bonchev–Trinajstić information content (AvgIpc) is 2.65. The minimum atomic E-state index is 0.0488. The lowest BCUT2D eigenvalue weighted by Gasteiger charge is -2.41. The average molecular weight is 360 g/mol. The van der Waals surface area contributed by atoms with Crippen LogP contribution in [0.15, 0.2) is 54.6 Å². The van der Waals surface area contributed by atoms with E-state index in [2.05, 4.69) is 52.0 Å². The number of aliphatic hydroxyl groups excluding tert-OH is 1. The molecule has 0 amide bonds. The van der Waals surface area contributed by atoms with E-state index >= 15 is 0 Å². The molecule has 4 rings (SSSR count). The summed E-state index contributed by atoms with van der Waals surface area (Å²) in [5.41, 5.74) is 4.17. The normalized spacial score (nSPS) is 17.5. The second kappa shape index (κ2) is 6.38. The van der Waals surface area contributed by atoms with Crippen molar-refractivity contribution in [1.82, 2.24) is 0 Å². The first-order valence-corrected chi connectivity index (χ1v) is 9.76. The van der Waals surface area contributed by atoms with Gasteiger partial charge in [-0.3, -0.25) is 0 Å². The Bertz CT molecular complexity index is 998. The first-order chi connectivity index (χ1) is 12.8. The lowest BCUT2D eigenvalue weighted by Crippen LogP contribution is -2.33. The Labute approximate surface area is 161 Å². The van der Waals surface area contributed by atoms with Crippen LogP contribution >= 0.6 is 0 Å². The van der Waals surface area contributed by atoms with Crippen molar-refractivity contribution >= 4 is 10.8 Å². The van der Waals surface area contributed by atoms with Crippen LogP contribution in [0, 0.1) is 0 Å². The molecule has 0 fully saturated rings. The minimum Gasteiger partial charge on any atom is -0.457 e. The number of rotatable bonds is 3. The Kier molecular flexibility index (Phi) is 4.27. The van der Waals surface area contributed by atoms with E-state index in [0.29, 0.717) is 0 Å². The molecule has 0 saturated carbocycles. The summed E-state index contributed by atoms with van der Waals surface area (Å²) in [4.78, 5) is 0. The van der Waals surface area contributed by atoms with Gasteiger partial charge in [0.15, 0.2) is 0 Å². The Morgan fingerprint density at radius 1 is 0.815 bits per heavy atom. The Morgan fingerprint density at radius 2 is 1.48 bits per heavy atom. The number of fused-ring (bicyclic) bond motifs is 2. The number of hydrogen-bond donors (Lipinski definition) is 1. The van der Waals surface area contributed by atoms with Gasteiger partial charge in [0.25, 0.3) is 0 Å². The first kappa shape index (κ1) is 18.1. The predicted octanol–water partition coefficient (Wildman–Crippen LogP) is 6.47. The molecule has 3 aromatic rings. The van der Waals surface area contributed by atoms with E-state index in [1.54, 1.807) is 0 Å². The Balaban J connectivity index is 1.70. The maximum Gasteiger partial charge on any atom is 0.128 e. The topological polar surface area (TPSA) is 29.5 Å². The smallest absolute Gasteiger partial charge is 0.128 e. The van der Waals surface area contributed by atoms with E-state index in [1.807, 2.05) is 30.3 Å². The van der Waals surface area contributed by atoms with Crippen LogP contribution in [0.2, 0.25) is 0 Å². The maximum absolute atomic E-state index is 9.51. The Hall–Kier alpha value is -2.32. The summed E-state index contributed by atoms with van der Waals surface area (Å²) in [6, 6.07) is 18.6. The summed E-state index contributed by atoms with van der Waals surface area (Å²) >= 11 is 0. The van der Waals surface area contributed by atoms with E-state index in [0.717, 1.165) is 27.8 Å². The van der Waals surface area contributed by atoms with Crippen LogP contribution in [0.1, 0.15) is 57.2 Å². The largest absolute Gasteiger partial charge is 0.457 e. The second-order valence-corrected chi connectivity index (χ2v) is 9.04. The fourth-order valence-corrected chi connectivity index (χ4v) is 4.30. The van der Waals surface area contributed by atoms with Crippen LogP contribution in [-0.4, -0.2) is 5.11 Å². The maximum atomic E-state index is 9.51. The third-order valence-electron chi connectivity index (χ3n) is 6.17. The molecule has 1 N–H and O–H groups in total. The van der Waals surface area contributed by atoms with E-state index in [-0.39, 0.29) is 17.4 Å². The zero-order valence-electron chi connectivity index (χ0n) is 16.7. The van der Waals surface area contributed by atoms with Gasteiger partial charge in [0, 0.05) is 0 Å². The highest BCUT2D eigenvalue weighted by Crippen LogP contribution is 2.47. The molecule has 0 saturated heterocycles. The standard InChI is InChI=1S/C25H28O2/c1-24(2)12-13-25(3,4)23-15-20(9-11-22(23)24)27-19-8-10-21-17(14-19)6-5-7-18(21)16-26/h5-11,14-15,26H,12-13,16H2,1-4H3. The number of benzene rings is 3. The fraction of sp³-hybridized carbons (Fsp3) is 0.360. The van der Waals surface area contributed by atoms with E-state index < -0.39 is 0 Å². The molecule has 0 heterocycles. The summed E-state index contributed by atoms with van der Waals surface area (Å²) < 4.78 is 6.23. The number of hydrogen-bond acceptors (Lipinski definition) is 2. The molecule has 2 nitrogen and oxygen atoms in total. The van der Waals surface area contributed by atoms with Crippen LogP contribution in [0.25, 0.3) is 10.8 Å². The van der Waals surface area contributed by atoms with Gasteiger partial charge in [-0.05, 0) is 75.4 Å². The first-order valence-electron chi connectivity index (χ1n) is 9.76. The molecule has 1 aliphatic rings. The summed E-state index contributed by atoms with van der Waals surface area (Å²) in [6.07, 6.45) is 2.40. The third-order valence-corrected chi connectivity index (χ3v) is 6.17. The van der Waals surface area contributed by atoms with Crippen molar-refractivity contribution in [3.8, 4) is 11.5 Å². The monoisotopic (exact) mass is 360 g/mol. The quantitative estimate of drug-likeness (QED) is 0.580. The van der Waals surface area contributed by atoms with Gasteiger partial charge in [-0.2, -0.15) is 0 Å². The third kappa shape index (κ3) is 3.23.